The third kappa shape index (κ3) is 1.90. The second-order valence-corrected chi connectivity index (χ2v) is 3.63. The number of nitrogens with zero attached hydrogens (tertiary/aromatic N) is 1. The number of rotatable bonds is 2. The van der Waals surface area contributed by atoms with Crippen LogP contribution in [-0.4, -0.2) is 24.6 Å². The fraction of sp³-hybridized carbons (Fsp3) is 0.250. The number of aliphatic imine (C=N–C) groups is 1. The Balaban J connectivity index is 2.42. The highest BCUT2D eigenvalue weighted by atomic mass is 19.2. The summed E-state index contributed by atoms with van der Waals surface area (Å²) in [7, 11) is 0. The van der Waals surface area contributed by atoms with Crippen molar-refractivity contribution in [2.75, 3.05) is 6.61 Å². The molecule has 0 N–H and O–H groups in total. The molecule has 0 radical (unpaired) electrons. The van der Waals surface area contributed by atoms with E-state index in [4.69, 9.17) is 4.74 Å². The summed E-state index contributed by atoms with van der Waals surface area (Å²) in [5.74, 6) is -4.87. The van der Waals surface area contributed by atoms with Crippen molar-refractivity contribution in [2.45, 2.75) is 6.92 Å². The molecule has 1 aromatic rings. The minimum Gasteiger partial charge on any atom is -0.465 e. The van der Waals surface area contributed by atoms with Gasteiger partial charge in [0.05, 0.1) is 6.61 Å². The first-order valence-electron chi connectivity index (χ1n) is 5.29. The number of ketones is 1. The third-order valence-electron chi connectivity index (χ3n) is 2.51. The molecule has 18 heavy (non-hydrogen) atoms. The number of halogens is 2. The molecule has 2 rings (SSSR count). The number of hydrogen-bond donors (Lipinski definition) is 0. The number of hydrogen-bond acceptors (Lipinski definition) is 4. The molecule has 6 heteroatoms. The molecule has 1 unspecified atom stereocenters. The zero-order valence-corrected chi connectivity index (χ0v) is 9.44. The molecule has 1 aliphatic rings. The third-order valence-corrected chi connectivity index (χ3v) is 2.51. The predicted octanol–water partition coefficient (Wildman–Crippen LogP) is 2.04. The molecule has 0 amide bonds. The molecule has 0 aromatic heterocycles. The number of esters is 1. The smallest absolute Gasteiger partial charge is 0.322 e. The van der Waals surface area contributed by atoms with Crippen LogP contribution in [0, 0.1) is 17.6 Å². The molecule has 94 valence electrons. The molecule has 0 saturated heterocycles. The summed E-state index contributed by atoms with van der Waals surface area (Å²) in [6.45, 7) is 1.73. The first kappa shape index (κ1) is 12.3. The average Bonchev–Trinajstić information content (AvgIpc) is 2.34. The Hall–Kier alpha value is -2.11. The van der Waals surface area contributed by atoms with Gasteiger partial charge in [0.15, 0.2) is 23.3 Å². The lowest BCUT2D eigenvalue weighted by Crippen LogP contribution is -2.29. The minimum absolute atomic E-state index is 0.116. The van der Waals surface area contributed by atoms with Crippen molar-refractivity contribution in [3.63, 3.8) is 0 Å². The van der Waals surface area contributed by atoms with Crippen LogP contribution in [0.1, 0.15) is 17.3 Å². The monoisotopic (exact) mass is 253 g/mol. The molecule has 0 saturated carbocycles. The van der Waals surface area contributed by atoms with Crippen LogP contribution in [0.15, 0.2) is 17.1 Å². The first-order valence-corrected chi connectivity index (χ1v) is 5.29. The summed E-state index contributed by atoms with van der Waals surface area (Å²) in [6.07, 6.45) is 0.977. The Labute approximate surface area is 101 Å². The summed E-state index contributed by atoms with van der Waals surface area (Å²) < 4.78 is 31.0. The van der Waals surface area contributed by atoms with Crippen LogP contribution in [0.25, 0.3) is 0 Å². The molecule has 1 heterocycles. The van der Waals surface area contributed by atoms with Crippen molar-refractivity contribution in [3.8, 4) is 0 Å². The van der Waals surface area contributed by atoms with Gasteiger partial charge in [-0.3, -0.25) is 14.6 Å². The fourth-order valence-corrected chi connectivity index (χ4v) is 1.65. The van der Waals surface area contributed by atoms with E-state index in [1.165, 1.54) is 0 Å². The topological polar surface area (TPSA) is 55.7 Å². The van der Waals surface area contributed by atoms with E-state index in [2.05, 4.69) is 4.99 Å². The van der Waals surface area contributed by atoms with E-state index in [-0.39, 0.29) is 17.9 Å². The zero-order valence-electron chi connectivity index (χ0n) is 9.44. The normalized spacial score (nSPS) is 17.5. The maximum absolute atomic E-state index is 13.4. The van der Waals surface area contributed by atoms with Crippen molar-refractivity contribution < 1.29 is 23.1 Å². The fourth-order valence-electron chi connectivity index (χ4n) is 1.65. The van der Waals surface area contributed by atoms with E-state index >= 15 is 0 Å². The van der Waals surface area contributed by atoms with Crippen molar-refractivity contribution in [3.05, 3.63) is 29.3 Å². The molecule has 0 spiro atoms. The number of ether oxygens (including phenoxy) is 1. The Bertz CT molecular complexity index is 554. The van der Waals surface area contributed by atoms with Gasteiger partial charge >= 0.3 is 5.97 Å². The SMILES string of the molecule is CCOC(=O)C1C=Nc2c(ccc(F)c2F)C1=O. The second-order valence-electron chi connectivity index (χ2n) is 3.63. The lowest BCUT2D eigenvalue weighted by Gasteiger charge is -2.16. The van der Waals surface area contributed by atoms with Crippen LogP contribution < -0.4 is 0 Å². The highest BCUT2D eigenvalue weighted by Gasteiger charge is 2.33. The molecule has 0 bridgehead atoms. The molecule has 1 aliphatic heterocycles. The van der Waals surface area contributed by atoms with E-state index < -0.39 is 29.3 Å². The molecule has 0 aliphatic carbocycles. The predicted molar refractivity (Wildman–Crippen MR) is 59.0 cm³/mol. The number of carbonyl (C=O) groups excluding carboxylic acids is 2. The molecular weight excluding hydrogens is 244 g/mol. The largest absolute Gasteiger partial charge is 0.465 e. The summed E-state index contributed by atoms with van der Waals surface area (Å²) in [6, 6.07) is 1.94. The zero-order chi connectivity index (χ0) is 13.3. The van der Waals surface area contributed by atoms with Gasteiger partial charge in [0, 0.05) is 11.8 Å². The maximum atomic E-state index is 13.4. The number of Topliss-reactive ketones (excluding diaryl/α,β-unsaturated/α-hetero) is 1. The molecular formula is C12H9F2NO3. The molecule has 4 nitrogen and oxygen atoms in total. The highest BCUT2D eigenvalue weighted by Crippen LogP contribution is 2.30. The van der Waals surface area contributed by atoms with Gasteiger partial charge in [0.2, 0.25) is 0 Å². The van der Waals surface area contributed by atoms with Crippen LogP contribution in [-0.2, 0) is 9.53 Å². The first-order chi connectivity index (χ1) is 8.56. The summed E-state index contributed by atoms with van der Waals surface area (Å²) in [5.41, 5.74) is -0.491. The van der Waals surface area contributed by atoms with Gasteiger partial charge in [0.1, 0.15) is 5.69 Å². The average molecular weight is 253 g/mol. The van der Waals surface area contributed by atoms with Crippen LogP contribution >= 0.6 is 0 Å². The van der Waals surface area contributed by atoms with Crippen LogP contribution in [0.5, 0.6) is 0 Å². The van der Waals surface area contributed by atoms with Gasteiger partial charge < -0.3 is 4.74 Å². The van der Waals surface area contributed by atoms with E-state index in [0.717, 1.165) is 18.3 Å². The highest BCUT2D eigenvalue weighted by molar-refractivity contribution is 6.22. The lowest BCUT2D eigenvalue weighted by atomic mass is 9.94. The molecule has 0 fully saturated rings. The quantitative estimate of drug-likeness (QED) is 0.598. The van der Waals surface area contributed by atoms with E-state index in [9.17, 15) is 18.4 Å². The van der Waals surface area contributed by atoms with Gasteiger partial charge in [-0.05, 0) is 19.1 Å². The summed E-state index contributed by atoms with van der Waals surface area (Å²) >= 11 is 0. The van der Waals surface area contributed by atoms with Crippen LogP contribution in [0.3, 0.4) is 0 Å². The van der Waals surface area contributed by atoms with Gasteiger partial charge in [-0.2, -0.15) is 0 Å². The van der Waals surface area contributed by atoms with Crippen molar-refractivity contribution in [1.82, 2.24) is 0 Å². The Morgan fingerprint density at radius 3 is 2.83 bits per heavy atom. The van der Waals surface area contributed by atoms with Crippen LogP contribution in [0.4, 0.5) is 14.5 Å². The molecule has 1 atom stereocenters. The van der Waals surface area contributed by atoms with Gasteiger partial charge in [-0.25, -0.2) is 8.78 Å². The van der Waals surface area contributed by atoms with Gasteiger partial charge in [-0.1, -0.05) is 0 Å². The Kier molecular flexibility index (Phi) is 3.18. The molecule has 1 aromatic carbocycles. The minimum atomic E-state index is -1.19. The Morgan fingerprint density at radius 2 is 2.17 bits per heavy atom. The number of carbonyl (C=O) groups is 2. The maximum Gasteiger partial charge on any atom is 0.322 e. The van der Waals surface area contributed by atoms with E-state index in [1.807, 2.05) is 0 Å². The lowest BCUT2D eigenvalue weighted by molar-refractivity contribution is -0.144. The van der Waals surface area contributed by atoms with Crippen molar-refractivity contribution >= 4 is 23.7 Å². The number of fused-ring (bicyclic) bond motifs is 1. The number of benzene rings is 1. The van der Waals surface area contributed by atoms with E-state index in [0.29, 0.717) is 0 Å². The second kappa shape index (κ2) is 4.64. The standard InChI is InChI=1S/C12H9F2NO3/c1-2-18-12(17)7-5-15-10-6(11(7)16)3-4-8(13)9(10)14/h3-5,7H,2H2,1H3. The van der Waals surface area contributed by atoms with E-state index in [1.54, 1.807) is 6.92 Å². The van der Waals surface area contributed by atoms with Crippen molar-refractivity contribution in [1.29, 1.82) is 0 Å². The van der Waals surface area contributed by atoms with Crippen LogP contribution in [0.2, 0.25) is 0 Å². The Morgan fingerprint density at radius 1 is 1.44 bits per heavy atom. The summed E-state index contributed by atoms with van der Waals surface area (Å²) in [5, 5.41) is 0. The summed E-state index contributed by atoms with van der Waals surface area (Å²) in [4.78, 5) is 27.0. The van der Waals surface area contributed by atoms with Gasteiger partial charge in [0.25, 0.3) is 0 Å². The van der Waals surface area contributed by atoms with Crippen molar-refractivity contribution in [2.24, 2.45) is 10.9 Å². The van der Waals surface area contributed by atoms with Gasteiger partial charge in [-0.15, -0.1) is 0 Å².